The number of hydrogen-bond donors (Lipinski definition) is 3. The molecule has 0 unspecified atom stereocenters. The Morgan fingerprint density at radius 3 is 2.74 bits per heavy atom. The number of aromatic nitrogens is 1. The molecule has 4 N–H and O–H groups in total. The molecular weight excluding hydrogens is 238 g/mol. The second-order valence-corrected chi connectivity index (χ2v) is 5.59. The maximum absolute atomic E-state index is 12.1. The van der Waals surface area contributed by atoms with Gasteiger partial charge in [0.05, 0.1) is 6.42 Å². The van der Waals surface area contributed by atoms with Gasteiger partial charge in [0.2, 0.25) is 5.91 Å². The van der Waals surface area contributed by atoms with Gasteiger partial charge in [-0.3, -0.25) is 4.79 Å². The molecule has 0 saturated heterocycles. The summed E-state index contributed by atoms with van der Waals surface area (Å²) in [6.07, 6.45) is 0.374. The maximum atomic E-state index is 12.1. The van der Waals surface area contributed by atoms with E-state index >= 15 is 0 Å². The summed E-state index contributed by atoms with van der Waals surface area (Å²) in [7, 11) is 0. The van der Waals surface area contributed by atoms with Crippen LogP contribution in [0.4, 0.5) is 0 Å². The molecule has 0 aliphatic heterocycles. The van der Waals surface area contributed by atoms with Gasteiger partial charge in [-0.15, -0.1) is 0 Å². The quantitative estimate of drug-likeness (QED) is 0.784. The summed E-state index contributed by atoms with van der Waals surface area (Å²) in [6.45, 7) is 6.27. The topological polar surface area (TPSA) is 70.9 Å². The van der Waals surface area contributed by atoms with E-state index in [0.29, 0.717) is 13.0 Å². The Morgan fingerprint density at radius 2 is 2.05 bits per heavy atom. The summed E-state index contributed by atoms with van der Waals surface area (Å²) in [6, 6.07) is 8.03. The highest BCUT2D eigenvalue weighted by molar-refractivity contribution is 5.90. The molecule has 0 bridgehead atoms. The van der Waals surface area contributed by atoms with Gasteiger partial charge in [-0.25, -0.2) is 0 Å². The van der Waals surface area contributed by atoms with Gasteiger partial charge >= 0.3 is 0 Å². The first-order valence-electron chi connectivity index (χ1n) is 6.50. The minimum atomic E-state index is -0.364. The van der Waals surface area contributed by atoms with E-state index in [0.717, 1.165) is 22.2 Å². The second kappa shape index (κ2) is 5.05. The monoisotopic (exact) mass is 259 g/mol. The smallest absolute Gasteiger partial charge is 0.224 e. The molecule has 0 aliphatic carbocycles. The molecule has 1 heterocycles. The molecule has 1 amide bonds. The van der Waals surface area contributed by atoms with Gasteiger partial charge in [0.15, 0.2) is 0 Å². The van der Waals surface area contributed by atoms with E-state index in [1.165, 1.54) is 0 Å². The Hall–Kier alpha value is -1.81. The van der Waals surface area contributed by atoms with Crippen molar-refractivity contribution in [3.05, 3.63) is 35.5 Å². The van der Waals surface area contributed by atoms with Gasteiger partial charge < -0.3 is 16.0 Å². The van der Waals surface area contributed by atoms with Gasteiger partial charge in [-0.05, 0) is 32.4 Å². The number of carbonyl (C=O) groups is 1. The standard InChI is InChI=1S/C15H21N3O/c1-10-12(8-14(19)18-15(2,3)9-16)11-6-4-5-7-13(11)17-10/h4-7,17H,8-9,16H2,1-3H3,(H,18,19). The van der Waals surface area contributed by atoms with Crippen molar-refractivity contribution < 1.29 is 4.79 Å². The maximum Gasteiger partial charge on any atom is 0.224 e. The Kier molecular flexibility index (Phi) is 3.62. The number of para-hydroxylation sites is 1. The van der Waals surface area contributed by atoms with Crippen molar-refractivity contribution >= 4 is 16.8 Å². The van der Waals surface area contributed by atoms with Crippen LogP contribution < -0.4 is 11.1 Å². The molecule has 102 valence electrons. The minimum Gasteiger partial charge on any atom is -0.358 e. The van der Waals surface area contributed by atoms with Crippen LogP contribution in [0.15, 0.2) is 24.3 Å². The summed E-state index contributed by atoms with van der Waals surface area (Å²) in [5.41, 5.74) is 8.43. The lowest BCUT2D eigenvalue weighted by Crippen LogP contribution is -2.49. The second-order valence-electron chi connectivity index (χ2n) is 5.59. The van der Waals surface area contributed by atoms with Crippen LogP contribution in [0.3, 0.4) is 0 Å². The van der Waals surface area contributed by atoms with Gasteiger partial charge in [0.25, 0.3) is 0 Å². The van der Waals surface area contributed by atoms with Crippen LogP contribution >= 0.6 is 0 Å². The molecule has 1 aromatic carbocycles. The zero-order valence-corrected chi connectivity index (χ0v) is 11.7. The third-order valence-corrected chi connectivity index (χ3v) is 3.35. The van der Waals surface area contributed by atoms with Crippen molar-refractivity contribution in [2.24, 2.45) is 5.73 Å². The first-order valence-corrected chi connectivity index (χ1v) is 6.50. The zero-order chi connectivity index (χ0) is 14.0. The number of amides is 1. The number of benzene rings is 1. The SMILES string of the molecule is Cc1[nH]c2ccccc2c1CC(=O)NC(C)(C)CN. The van der Waals surface area contributed by atoms with Crippen LogP contribution in [0.2, 0.25) is 0 Å². The zero-order valence-electron chi connectivity index (χ0n) is 11.7. The first kappa shape index (κ1) is 13.6. The summed E-state index contributed by atoms with van der Waals surface area (Å²) in [5.74, 6) is 0.00306. The van der Waals surface area contributed by atoms with Gasteiger partial charge in [0, 0.05) is 28.7 Å². The molecule has 4 nitrogen and oxygen atoms in total. The average molecular weight is 259 g/mol. The van der Waals surface area contributed by atoms with Gasteiger partial charge in [-0.2, -0.15) is 0 Å². The number of hydrogen-bond acceptors (Lipinski definition) is 2. The highest BCUT2D eigenvalue weighted by atomic mass is 16.1. The molecule has 2 rings (SSSR count). The van der Waals surface area contributed by atoms with Crippen molar-refractivity contribution in [3.63, 3.8) is 0 Å². The number of carbonyl (C=O) groups excluding carboxylic acids is 1. The molecule has 19 heavy (non-hydrogen) atoms. The van der Waals surface area contributed by atoms with Crippen molar-refractivity contribution in [3.8, 4) is 0 Å². The fraction of sp³-hybridized carbons (Fsp3) is 0.400. The van der Waals surface area contributed by atoms with Crippen LogP contribution in [0.25, 0.3) is 10.9 Å². The number of fused-ring (bicyclic) bond motifs is 1. The van der Waals surface area contributed by atoms with E-state index in [4.69, 9.17) is 5.73 Å². The average Bonchev–Trinajstić information content (AvgIpc) is 2.66. The fourth-order valence-electron chi connectivity index (χ4n) is 2.20. The van der Waals surface area contributed by atoms with Gasteiger partial charge in [-0.1, -0.05) is 18.2 Å². The molecule has 0 saturated carbocycles. The Morgan fingerprint density at radius 1 is 1.37 bits per heavy atom. The largest absolute Gasteiger partial charge is 0.358 e. The molecule has 1 aromatic heterocycles. The fourth-order valence-corrected chi connectivity index (χ4v) is 2.20. The molecule has 0 atom stereocenters. The lowest BCUT2D eigenvalue weighted by molar-refractivity contribution is -0.121. The Bertz CT molecular complexity index is 598. The third-order valence-electron chi connectivity index (χ3n) is 3.35. The van der Waals surface area contributed by atoms with Gasteiger partial charge in [0.1, 0.15) is 0 Å². The molecule has 0 fully saturated rings. The molecular formula is C15H21N3O. The van der Waals surface area contributed by atoms with E-state index in [9.17, 15) is 4.79 Å². The van der Waals surface area contributed by atoms with E-state index in [1.54, 1.807) is 0 Å². The molecule has 0 radical (unpaired) electrons. The summed E-state index contributed by atoms with van der Waals surface area (Å²) in [4.78, 5) is 15.4. The third kappa shape index (κ3) is 2.96. The van der Waals surface area contributed by atoms with Crippen molar-refractivity contribution in [2.75, 3.05) is 6.54 Å². The first-order chi connectivity index (χ1) is 8.93. The van der Waals surface area contributed by atoms with E-state index in [-0.39, 0.29) is 11.4 Å². The van der Waals surface area contributed by atoms with Crippen molar-refractivity contribution in [1.82, 2.24) is 10.3 Å². The van der Waals surface area contributed by atoms with E-state index < -0.39 is 0 Å². The molecule has 4 heteroatoms. The molecule has 0 aliphatic rings. The minimum absolute atomic E-state index is 0.00306. The normalized spacial score (nSPS) is 11.8. The summed E-state index contributed by atoms with van der Waals surface area (Å²) >= 11 is 0. The molecule has 0 spiro atoms. The van der Waals surface area contributed by atoms with E-state index in [2.05, 4.69) is 10.3 Å². The van der Waals surface area contributed by atoms with Crippen LogP contribution in [0, 0.1) is 6.92 Å². The number of H-pyrrole nitrogens is 1. The Balaban J connectivity index is 2.22. The molecule has 2 aromatic rings. The number of aromatic amines is 1. The summed E-state index contributed by atoms with van der Waals surface area (Å²) < 4.78 is 0. The number of nitrogens with one attached hydrogen (secondary N) is 2. The predicted molar refractivity (Wildman–Crippen MR) is 78.0 cm³/mol. The number of aryl methyl sites for hydroxylation is 1. The van der Waals surface area contributed by atoms with Crippen LogP contribution in [0.5, 0.6) is 0 Å². The highest BCUT2D eigenvalue weighted by Crippen LogP contribution is 2.22. The van der Waals surface area contributed by atoms with Crippen molar-refractivity contribution in [1.29, 1.82) is 0 Å². The van der Waals surface area contributed by atoms with Crippen LogP contribution in [-0.2, 0) is 11.2 Å². The number of nitrogens with two attached hydrogens (primary N) is 1. The highest BCUT2D eigenvalue weighted by Gasteiger charge is 2.19. The summed E-state index contributed by atoms with van der Waals surface area (Å²) in [5, 5.41) is 4.07. The number of rotatable bonds is 4. The lowest BCUT2D eigenvalue weighted by atomic mass is 10.0. The van der Waals surface area contributed by atoms with Crippen molar-refractivity contribution in [2.45, 2.75) is 32.7 Å². The van der Waals surface area contributed by atoms with Crippen LogP contribution in [0.1, 0.15) is 25.1 Å². The predicted octanol–water partition coefficient (Wildman–Crippen LogP) is 1.87. The Labute approximate surface area is 113 Å². The lowest BCUT2D eigenvalue weighted by Gasteiger charge is -2.24. The van der Waals surface area contributed by atoms with Crippen LogP contribution in [-0.4, -0.2) is 23.0 Å². The van der Waals surface area contributed by atoms with E-state index in [1.807, 2.05) is 45.0 Å².